The van der Waals surface area contributed by atoms with Crippen LogP contribution in [0.25, 0.3) is 0 Å². The number of carbonyl (C=O) groups is 1. The van der Waals surface area contributed by atoms with Crippen molar-refractivity contribution in [3.63, 3.8) is 0 Å². The quantitative estimate of drug-likeness (QED) is 0.691. The van der Waals surface area contributed by atoms with Crippen molar-refractivity contribution in [3.8, 4) is 0 Å². The molecule has 13 heavy (non-hydrogen) atoms. The van der Waals surface area contributed by atoms with Gasteiger partial charge in [0, 0.05) is 6.42 Å². The van der Waals surface area contributed by atoms with Crippen molar-refractivity contribution in [1.82, 2.24) is 0 Å². The van der Waals surface area contributed by atoms with Gasteiger partial charge in [0.25, 0.3) is 0 Å². The third kappa shape index (κ3) is 6.62. The van der Waals surface area contributed by atoms with Crippen LogP contribution in [0.5, 0.6) is 0 Å². The molecule has 0 aliphatic heterocycles. The number of carboxylic acid groups (broad SMARTS) is 1. The van der Waals surface area contributed by atoms with E-state index < -0.39 is 5.97 Å². The Kier molecular flexibility index (Phi) is 5.76. The molecule has 2 heteroatoms. The Balaban J connectivity index is 3.88. The van der Waals surface area contributed by atoms with Gasteiger partial charge in [-0.2, -0.15) is 0 Å². The summed E-state index contributed by atoms with van der Waals surface area (Å²) in [6.45, 7) is 8.57. The fourth-order valence-electron chi connectivity index (χ4n) is 1.44. The number of hydrogen-bond acceptors (Lipinski definition) is 1. The van der Waals surface area contributed by atoms with E-state index in [0.29, 0.717) is 24.2 Å². The first-order valence-corrected chi connectivity index (χ1v) is 5.15. The number of aliphatic carboxylic acids is 1. The van der Waals surface area contributed by atoms with Crippen molar-refractivity contribution in [1.29, 1.82) is 0 Å². The predicted octanol–water partition coefficient (Wildman–Crippen LogP) is 3.17. The van der Waals surface area contributed by atoms with Gasteiger partial charge in [-0.1, -0.05) is 34.1 Å². The maximum Gasteiger partial charge on any atom is 0.303 e. The monoisotopic (exact) mass is 186 g/mol. The zero-order chi connectivity index (χ0) is 10.4. The molecule has 0 aromatic heterocycles. The smallest absolute Gasteiger partial charge is 0.303 e. The number of hydrogen-bond donors (Lipinski definition) is 1. The van der Waals surface area contributed by atoms with Crippen molar-refractivity contribution >= 4 is 5.97 Å². The van der Waals surface area contributed by atoms with Gasteiger partial charge >= 0.3 is 5.97 Å². The van der Waals surface area contributed by atoms with Gasteiger partial charge < -0.3 is 5.11 Å². The van der Waals surface area contributed by atoms with Gasteiger partial charge in [0.15, 0.2) is 0 Å². The van der Waals surface area contributed by atoms with Gasteiger partial charge in [0.05, 0.1) is 0 Å². The normalized spacial score (nSPS) is 13.7. The standard InChI is InChI=1S/C11H22O2/c1-8(2)5-6-10(9(3)4)7-11(12)13/h8-10H,5-7H2,1-4H3,(H,12,13). The highest BCUT2D eigenvalue weighted by atomic mass is 16.4. The highest BCUT2D eigenvalue weighted by Crippen LogP contribution is 2.23. The third-order valence-electron chi connectivity index (χ3n) is 2.49. The molecule has 0 saturated carbocycles. The summed E-state index contributed by atoms with van der Waals surface area (Å²) in [6, 6.07) is 0. The van der Waals surface area contributed by atoms with Crippen LogP contribution in [0.15, 0.2) is 0 Å². The highest BCUT2D eigenvalue weighted by molar-refractivity contribution is 5.67. The van der Waals surface area contributed by atoms with Gasteiger partial charge in [0.1, 0.15) is 0 Å². The molecule has 2 nitrogen and oxygen atoms in total. The lowest BCUT2D eigenvalue weighted by atomic mass is 9.86. The van der Waals surface area contributed by atoms with Crippen molar-refractivity contribution in [2.75, 3.05) is 0 Å². The molecule has 0 bridgehead atoms. The van der Waals surface area contributed by atoms with Crippen LogP contribution >= 0.6 is 0 Å². The van der Waals surface area contributed by atoms with Crippen molar-refractivity contribution in [2.45, 2.75) is 47.0 Å². The van der Waals surface area contributed by atoms with E-state index in [1.807, 2.05) is 0 Å². The van der Waals surface area contributed by atoms with E-state index in [2.05, 4.69) is 27.7 Å². The Morgan fingerprint density at radius 3 is 2.00 bits per heavy atom. The molecule has 0 aromatic carbocycles. The Morgan fingerprint density at radius 2 is 1.69 bits per heavy atom. The van der Waals surface area contributed by atoms with Crippen LogP contribution in [0.1, 0.15) is 47.0 Å². The summed E-state index contributed by atoms with van der Waals surface area (Å²) >= 11 is 0. The fraction of sp³-hybridized carbons (Fsp3) is 0.909. The van der Waals surface area contributed by atoms with E-state index in [0.717, 1.165) is 12.8 Å². The van der Waals surface area contributed by atoms with E-state index in [4.69, 9.17) is 5.11 Å². The second-order valence-electron chi connectivity index (χ2n) is 4.57. The maximum absolute atomic E-state index is 10.6. The number of carboxylic acids is 1. The van der Waals surface area contributed by atoms with Gasteiger partial charge in [-0.15, -0.1) is 0 Å². The minimum absolute atomic E-state index is 0.324. The Hall–Kier alpha value is -0.530. The Bertz CT molecular complexity index is 150. The zero-order valence-corrected chi connectivity index (χ0v) is 9.21. The second-order valence-corrected chi connectivity index (χ2v) is 4.57. The van der Waals surface area contributed by atoms with E-state index >= 15 is 0 Å². The summed E-state index contributed by atoms with van der Waals surface area (Å²) in [5.41, 5.74) is 0. The molecule has 0 spiro atoms. The topological polar surface area (TPSA) is 37.3 Å². The van der Waals surface area contributed by atoms with Crippen molar-refractivity contribution in [2.24, 2.45) is 17.8 Å². The molecule has 0 heterocycles. The third-order valence-corrected chi connectivity index (χ3v) is 2.49. The molecule has 78 valence electrons. The van der Waals surface area contributed by atoms with Crippen LogP contribution < -0.4 is 0 Å². The van der Waals surface area contributed by atoms with Crippen LogP contribution in [-0.4, -0.2) is 11.1 Å². The van der Waals surface area contributed by atoms with E-state index in [-0.39, 0.29) is 0 Å². The lowest BCUT2D eigenvalue weighted by Gasteiger charge is -2.19. The molecule has 0 aliphatic carbocycles. The molecule has 0 fully saturated rings. The predicted molar refractivity (Wildman–Crippen MR) is 54.7 cm³/mol. The molecule has 0 radical (unpaired) electrons. The van der Waals surface area contributed by atoms with E-state index in [9.17, 15) is 4.79 Å². The molecule has 0 amide bonds. The van der Waals surface area contributed by atoms with Crippen LogP contribution in [0.3, 0.4) is 0 Å². The second kappa shape index (κ2) is 6.01. The summed E-state index contributed by atoms with van der Waals surface area (Å²) in [6.07, 6.45) is 2.50. The summed E-state index contributed by atoms with van der Waals surface area (Å²) in [7, 11) is 0. The minimum atomic E-state index is -0.664. The lowest BCUT2D eigenvalue weighted by Crippen LogP contribution is -2.14. The van der Waals surface area contributed by atoms with Gasteiger partial charge in [-0.25, -0.2) is 0 Å². The first kappa shape index (κ1) is 12.5. The highest BCUT2D eigenvalue weighted by Gasteiger charge is 2.16. The van der Waals surface area contributed by atoms with Crippen LogP contribution in [0.2, 0.25) is 0 Å². The number of rotatable bonds is 6. The molecule has 0 aromatic rings. The molecule has 0 aliphatic rings. The van der Waals surface area contributed by atoms with Crippen LogP contribution in [0, 0.1) is 17.8 Å². The summed E-state index contributed by atoms with van der Waals surface area (Å²) < 4.78 is 0. The van der Waals surface area contributed by atoms with Crippen LogP contribution in [0.4, 0.5) is 0 Å². The SMILES string of the molecule is CC(C)CCC(CC(=O)O)C(C)C. The molecule has 0 saturated heterocycles. The largest absolute Gasteiger partial charge is 0.481 e. The van der Waals surface area contributed by atoms with Gasteiger partial charge in [-0.3, -0.25) is 4.79 Å². The molecule has 1 unspecified atom stereocenters. The van der Waals surface area contributed by atoms with Gasteiger partial charge in [0.2, 0.25) is 0 Å². The lowest BCUT2D eigenvalue weighted by molar-refractivity contribution is -0.138. The Morgan fingerprint density at radius 1 is 1.15 bits per heavy atom. The minimum Gasteiger partial charge on any atom is -0.481 e. The molecule has 0 rings (SSSR count). The van der Waals surface area contributed by atoms with E-state index in [1.54, 1.807) is 0 Å². The van der Waals surface area contributed by atoms with E-state index in [1.165, 1.54) is 0 Å². The first-order valence-electron chi connectivity index (χ1n) is 5.15. The Labute approximate surface area is 81.3 Å². The van der Waals surface area contributed by atoms with Crippen molar-refractivity contribution in [3.05, 3.63) is 0 Å². The average molecular weight is 186 g/mol. The average Bonchev–Trinajstić information content (AvgIpc) is 1.96. The zero-order valence-electron chi connectivity index (χ0n) is 9.21. The van der Waals surface area contributed by atoms with Crippen LogP contribution in [-0.2, 0) is 4.79 Å². The summed E-state index contributed by atoms with van der Waals surface area (Å²) in [5, 5.41) is 8.70. The van der Waals surface area contributed by atoms with Crippen molar-refractivity contribution < 1.29 is 9.90 Å². The first-order chi connectivity index (χ1) is 5.93. The fourth-order valence-corrected chi connectivity index (χ4v) is 1.44. The molecule has 1 N–H and O–H groups in total. The summed E-state index contributed by atoms with van der Waals surface area (Å²) in [4.78, 5) is 10.6. The van der Waals surface area contributed by atoms with Gasteiger partial charge in [-0.05, 0) is 24.2 Å². The maximum atomic E-state index is 10.6. The molecule has 1 atom stereocenters. The molecular formula is C11H22O2. The molecular weight excluding hydrogens is 164 g/mol. The summed E-state index contributed by atoms with van der Waals surface area (Å²) in [5.74, 6) is 0.840.